The normalized spacial score (nSPS) is 27.2. The van der Waals surface area contributed by atoms with E-state index in [2.05, 4.69) is 6.92 Å². The molecule has 0 N–H and O–H groups in total. The lowest BCUT2D eigenvalue weighted by molar-refractivity contribution is 0.0705. The van der Waals surface area contributed by atoms with E-state index < -0.39 is 8.80 Å². The van der Waals surface area contributed by atoms with E-state index >= 15 is 0 Å². The van der Waals surface area contributed by atoms with E-state index in [9.17, 15) is 0 Å². The van der Waals surface area contributed by atoms with Gasteiger partial charge in [-0.2, -0.15) is 0 Å². The molecule has 0 amide bonds. The van der Waals surface area contributed by atoms with E-state index in [-0.39, 0.29) is 0 Å². The van der Waals surface area contributed by atoms with Crippen LogP contribution < -0.4 is 0 Å². The highest BCUT2D eigenvalue weighted by molar-refractivity contribution is 6.60. The third kappa shape index (κ3) is 3.35. The summed E-state index contributed by atoms with van der Waals surface area (Å²) < 4.78 is 17.3. The van der Waals surface area contributed by atoms with Gasteiger partial charge in [-0.05, 0) is 32.6 Å². The molecule has 1 atom stereocenters. The van der Waals surface area contributed by atoms with Gasteiger partial charge in [0.1, 0.15) is 0 Å². The number of rotatable bonds is 4. The second kappa shape index (κ2) is 5.85. The van der Waals surface area contributed by atoms with E-state index in [0.29, 0.717) is 19.1 Å². The summed E-state index contributed by atoms with van der Waals surface area (Å²) >= 11 is 0. The summed E-state index contributed by atoms with van der Waals surface area (Å²) in [6.07, 6.45) is 2.37. The minimum atomic E-state index is -2.30. The zero-order chi connectivity index (χ0) is 10.4. The monoisotopic (exact) mass is 218 g/mol. The highest BCUT2D eigenvalue weighted by Crippen LogP contribution is 2.27. The molecular weight excluding hydrogens is 196 g/mol. The van der Waals surface area contributed by atoms with Crippen LogP contribution in [0.5, 0.6) is 0 Å². The maximum absolute atomic E-state index is 5.84. The van der Waals surface area contributed by atoms with Gasteiger partial charge in [0.15, 0.2) is 0 Å². The van der Waals surface area contributed by atoms with Gasteiger partial charge in [-0.1, -0.05) is 6.92 Å². The van der Waals surface area contributed by atoms with Crippen LogP contribution in [0.2, 0.25) is 6.04 Å². The Hall–Kier alpha value is 0.0969. The van der Waals surface area contributed by atoms with Crippen molar-refractivity contribution in [1.82, 2.24) is 0 Å². The zero-order valence-corrected chi connectivity index (χ0v) is 10.5. The summed E-state index contributed by atoms with van der Waals surface area (Å²) in [4.78, 5) is 0. The topological polar surface area (TPSA) is 27.7 Å². The van der Waals surface area contributed by atoms with Gasteiger partial charge in [-0.3, -0.25) is 0 Å². The predicted octanol–water partition coefficient (Wildman–Crippen LogP) is 2.44. The highest BCUT2D eigenvalue weighted by Gasteiger charge is 2.43. The van der Waals surface area contributed by atoms with Crippen molar-refractivity contribution in [3.63, 3.8) is 0 Å². The second-order valence-corrected chi connectivity index (χ2v) is 6.49. The van der Waals surface area contributed by atoms with Crippen molar-refractivity contribution >= 4 is 8.80 Å². The highest BCUT2D eigenvalue weighted by atomic mass is 28.4. The lowest BCUT2D eigenvalue weighted by Crippen LogP contribution is -2.46. The Bertz CT molecular complexity index is 157. The lowest BCUT2D eigenvalue weighted by Gasteiger charge is -2.28. The molecule has 0 aliphatic carbocycles. The predicted molar refractivity (Wildman–Crippen MR) is 58.2 cm³/mol. The SMILES string of the molecule is CCO[Si]1(OCC)CC(C)CCCO1. The molecule has 0 aromatic carbocycles. The fourth-order valence-corrected chi connectivity index (χ4v) is 4.93. The van der Waals surface area contributed by atoms with Crippen LogP contribution in [0.3, 0.4) is 0 Å². The number of hydrogen-bond acceptors (Lipinski definition) is 3. The minimum Gasteiger partial charge on any atom is -0.374 e. The molecule has 14 heavy (non-hydrogen) atoms. The van der Waals surface area contributed by atoms with Crippen molar-refractivity contribution in [2.24, 2.45) is 5.92 Å². The Kier molecular flexibility index (Phi) is 5.09. The molecule has 3 nitrogen and oxygen atoms in total. The van der Waals surface area contributed by atoms with Crippen LogP contribution >= 0.6 is 0 Å². The molecule has 1 rings (SSSR count). The van der Waals surface area contributed by atoms with Crippen LogP contribution in [0.1, 0.15) is 33.6 Å². The second-order valence-electron chi connectivity index (χ2n) is 3.85. The van der Waals surface area contributed by atoms with Gasteiger partial charge in [0, 0.05) is 25.9 Å². The van der Waals surface area contributed by atoms with Crippen LogP contribution in [-0.4, -0.2) is 28.6 Å². The maximum Gasteiger partial charge on any atom is 0.501 e. The summed E-state index contributed by atoms with van der Waals surface area (Å²) in [5, 5.41) is 0. The Morgan fingerprint density at radius 3 is 2.50 bits per heavy atom. The standard InChI is InChI=1S/C10H22O3Si/c1-4-11-14(12-5-2)9-10(3)7-6-8-13-14/h10H,4-9H2,1-3H3. The Morgan fingerprint density at radius 1 is 1.29 bits per heavy atom. The Balaban J connectivity index is 2.61. The molecule has 0 radical (unpaired) electrons. The fraction of sp³-hybridized carbons (Fsp3) is 1.00. The first-order valence-corrected chi connectivity index (χ1v) is 7.57. The van der Waals surface area contributed by atoms with E-state index in [1.807, 2.05) is 13.8 Å². The van der Waals surface area contributed by atoms with Gasteiger partial charge in [0.2, 0.25) is 0 Å². The number of hydrogen-bond donors (Lipinski definition) is 0. The summed E-state index contributed by atoms with van der Waals surface area (Å²) in [6.45, 7) is 8.46. The molecule has 1 aliphatic heterocycles. The molecule has 1 aliphatic rings. The van der Waals surface area contributed by atoms with Crippen molar-refractivity contribution in [3.05, 3.63) is 0 Å². The molecule has 84 valence electrons. The smallest absolute Gasteiger partial charge is 0.374 e. The first kappa shape index (κ1) is 12.2. The van der Waals surface area contributed by atoms with Crippen molar-refractivity contribution in [1.29, 1.82) is 0 Å². The van der Waals surface area contributed by atoms with Crippen LogP contribution in [0, 0.1) is 5.92 Å². The van der Waals surface area contributed by atoms with Crippen LogP contribution in [-0.2, 0) is 13.3 Å². The molecule has 0 aromatic heterocycles. The quantitative estimate of drug-likeness (QED) is 0.678. The minimum absolute atomic E-state index is 0.669. The van der Waals surface area contributed by atoms with Gasteiger partial charge in [0.25, 0.3) is 0 Å². The van der Waals surface area contributed by atoms with Crippen molar-refractivity contribution in [2.45, 2.75) is 39.7 Å². The molecule has 0 spiro atoms. The van der Waals surface area contributed by atoms with Crippen molar-refractivity contribution < 1.29 is 13.3 Å². The summed E-state index contributed by atoms with van der Waals surface area (Å²) in [6, 6.07) is 0.981. The molecule has 1 saturated heterocycles. The molecule has 1 heterocycles. The first-order valence-electron chi connectivity index (χ1n) is 5.64. The van der Waals surface area contributed by atoms with Gasteiger partial charge in [0.05, 0.1) is 0 Å². The third-order valence-electron chi connectivity index (χ3n) is 2.49. The maximum atomic E-state index is 5.84. The fourth-order valence-electron chi connectivity index (χ4n) is 1.93. The van der Waals surface area contributed by atoms with Gasteiger partial charge < -0.3 is 13.3 Å². The van der Waals surface area contributed by atoms with E-state index in [1.54, 1.807) is 0 Å². The van der Waals surface area contributed by atoms with Crippen LogP contribution in [0.25, 0.3) is 0 Å². The summed E-state index contributed by atoms with van der Waals surface area (Å²) in [5.41, 5.74) is 0. The lowest BCUT2D eigenvalue weighted by atomic mass is 10.1. The third-order valence-corrected chi connectivity index (χ3v) is 5.79. The van der Waals surface area contributed by atoms with Gasteiger partial charge >= 0.3 is 8.80 Å². The van der Waals surface area contributed by atoms with Crippen molar-refractivity contribution in [2.75, 3.05) is 19.8 Å². The van der Waals surface area contributed by atoms with E-state index in [0.717, 1.165) is 19.1 Å². The molecule has 0 aromatic rings. The first-order chi connectivity index (χ1) is 6.72. The molecule has 1 unspecified atom stereocenters. The van der Waals surface area contributed by atoms with Gasteiger partial charge in [-0.15, -0.1) is 0 Å². The Morgan fingerprint density at radius 2 is 1.93 bits per heavy atom. The Labute approximate surface area is 88.1 Å². The average molecular weight is 218 g/mol. The van der Waals surface area contributed by atoms with Crippen LogP contribution in [0.4, 0.5) is 0 Å². The summed E-state index contributed by atoms with van der Waals surface area (Å²) in [7, 11) is -2.30. The zero-order valence-electron chi connectivity index (χ0n) is 9.54. The van der Waals surface area contributed by atoms with Crippen molar-refractivity contribution in [3.8, 4) is 0 Å². The molecular formula is C10H22O3Si. The molecule has 1 fully saturated rings. The molecule has 0 saturated carbocycles. The van der Waals surface area contributed by atoms with Crippen LogP contribution in [0.15, 0.2) is 0 Å². The van der Waals surface area contributed by atoms with Gasteiger partial charge in [-0.25, -0.2) is 0 Å². The average Bonchev–Trinajstić information content (AvgIpc) is 2.29. The van der Waals surface area contributed by atoms with E-state index in [1.165, 1.54) is 6.42 Å². The molecule has 4 heteroatoms. The summed E-state index contributed by atoms with van der Waals surface area (Å²) in [5.74, 6) is 0.669. The molecule has 0 bridgehead atoms. The largest absolute Gasteiger partial charge is 0.501 e. The van der Waals surface area contributed by atoms with E-state index in [4.69, 9.17) is 13.3 Å².